The van der Waals surface area contributed by atoms with E-state index in [1.165, 1.54) is 31.2 Å². The molecule has 6 heteroatoms. The molecule has 1 atom stereocenters. The third kappa shape index (κ3) is 5.70. The number of rotatable bonds is 5. The van der Waals surface area contributed by atoms with Crippen LogP contribution in [0, 0.1) is 12.8 Å². The summed E-state index contributed by atoms with van der Waals surface area (Å²) in [6.45, 7) is 7.20. The number of hydrogen-bond acceptors (Lipinski definition) is 4. The van der Waals surface area contributed by atoms with Crippen LogP contribution >= 0.6 is 12.2 Å². The minimum absolute atomic E-state index is 0.366. The Balaban J connectivity index is 1.55. The van der Waals surface area contributed by atoms with Gasteiger partial charge in [0.15, 0.2) is 5.11 Å². The summed E-state index contributed by atoms with van der Waals surface area (Å²) in [4.78, 5) is 14.2. The smallest absolute Gasteiger partial charge is 0.337 e. The number of nitrogens with zero attached hydrogens (tertiary/aromatic N) is 1. The molecule has 1 aliphatic heterocycles. The van der Waals surface area contributed by atoms with Crippen LogP contribution in [-0.4, -0.2) is 31.3 Å². The molecular formula is C23H29N3O2S. The second kappa shape index (κ2) is 9.74. The van der Waals surface area contributed by atoms with E-state index in [4.69, 9.17) is 17.0 Å². The molecule has 0 amide bonds. The van der Waals surface area contributed by atoms with Crippen LogP contribution in [0.1, 0.15) is 41.3 Å². The monoisotopic (exact) mass is 411 g/mol. The quantitative estimate of drug-likeness (QED) is 0.558. The van der Waals surface area contributed by atoms with Crippen LogP contribution in [0.4, 0.5) is 11.4 Å². The van der Waals surface area contributed by atoms with Gasteiger partial charge in [0.05, 0.1) is 12.7 Å². The second-order valence-electron chi connectivity index (χ2n) is 7.69. The number of methoxy groups -OCH3 is 1. The number of carbonyl (C=O) groups is 1. The molecule has 5 nitrogen and oxygen atoms in total. The van der Waals surface area contributed by atoms with Gasteiger partial charge < -0.3 is 20.3 Å². The zero-order valence-electron chi connectivity index (χ0n) is 17.3. The lowest BCUT2D eigenvalue weighted by Crippen LogP contribution is -2.34. The van der Waals surface area contributed by atoms with Crippen molar-refractivity contribution in [1.82, 2.24) is 5.32 Å². The van der Waals surface area contributed by atoms with Crippen LogP contribution in [0.3, 0.4) is 0 Å². The average Bonchev–Trinajstić information content (AvgIpc) is 2.73. The molecule has 1 heterocycles. The number of benzene rings is 2. The summed E-state index contributed by atoms with van der Waals surface area (Å²) in [6, 6.07) is 14.0. The highest BCUT2D eigenvalue weighted by Gasteiger charge is 2.16. The van der Waals surface area contributed by atoms with E-state index in [1.807, 2.05) is 13.0 Å². The SMILES string of the molecule is COC(=O)c1ccc(C)c(NC(=S)NCc2ccc(N3CCC[C@@H](C)C3)cc2)c1. The molecule has 1 saturated heterocycles. The van der Waals surface area contributed by atoms with E-state index in [0.717, 1.165) is 30.3 Å². The van der Waals surface area contributed by atoms with Gasteiger partial charge >= 0.3 is 5.97 Å². The molecule has 0 radical (unpaired) electrons. The van der Waals surface area contributed by atoms with E-state index in [9.17, 15) is 4.79 Å². The van der Waals surface area contributed by atoms with E-state index in [2.05, 4.69) is 46.7 Å². The van der Waals surface area contributed by atoms with Gasteiger partial charge in [-0.3, -0.25) is 0 Å². The lowest BCUT2D eigenvalue weighted by Gasteiger charge is -2.32. The summed E-state index contributed by atoms with van der Waals surface area (Å²) in [6.07, 6.45) is 2.59. The van der Waals surface area contributed by atoms with E-state index >= 15 is 0 Å². The zero-order chi connectivity index (χ0) is 20.8. The van der Waals surface area contributed by atoms with E-state index in [1.54, 1.807) is 12.1 Å². The molecule has 3 rings (SSSR count). The molecule has 29 heavy (non-hydrogen) atoms. The molecular weight excluding hydrogens is 382 g/mol. The number of carbonyl (C=O) groups excluding carboxylic acids is 1. The highest BCUT2D eigenvalue weighted by molar-refractivity contribution is 7.80. The average molecular weight is 412 g/mol. The van der Waals surface area contributed by atoms with Gasteiger partial charge in [-0.1, -0.05) is 25.1 Å². The second-order valence-corrected chi connectivity index (χ2v) is 8.10. The summed E-state index contributed by atoms with van der Waals surface area (Å²) in [5.41, 5.74) is 4.74. The van der Waals surface area contributed by atoms with Crippen molar-refractivity contribution in [2.75, 3.05) is 30.4 Å². The third-order valence-corrected chi connectivity index (χ3v) is 5.56. The van der Waals surface area contributed by atoms with Crippen LogP contribution in [0.5, 0.6) is 0 Å². The number of hydrogen-bond donors (Lipinski definition) is 2. The van der Waals surface area contributed by atoms with E-state index < -0.39 is 0 Å². The number of piperidine rings is 1. The normalized spacial score (nSPS) is 16.2. The first-order chi connectivity index (χ1) is 14.0. The summed E-state index contributed by atoms with van der Waals surface area (Å²) in [5, 5.41) is 6.92. The van der Waals surface area contributed by atoms with Gasteiger partial charge in [0.1, 0.15) is 0 Å². The molecule has 154 valence electrons. The maximum atomic E-state index is 11.7. The number of ether oxygens (including phenoxy) is 1. The lowest BCUT2D eigenvalue weighted by molar-refractivity contribution is 0.0601. The molecule has 0 spiro atoms. The molecule has 2 aromatic carbocycles. The Morgan fingerprint density at radius 3 is 2.69 bits per heavy atom. The molecule has 0 saturated carbocycles. The molecule has 0 aromatic heterocycles. The number of aryl methyl sites for hydroxylation is 1. The fraction of sp³-hybridized carbons (Fsp3) is 0.391. The minimum Gasteiger partial charge on any atom is -0.465 e. The number of anilines is 2. The molecule has 2 N–H and O–H groups in total. The van der Waals surface area contributed by atoms with Gasteiger partial charge in [0.25, 0.3) is 0 Å². The van der Waals surface area contributed by atoms with Crippen LogP contribution in [0.2, 0.25) is 0 Å². The Morgan fingerprint density at radius 1 is 1.24 bits per heavy atom. The third-order valence-electron chi connectivity index (χ3n) is 5.32. The summed E-state index contributed by atoms with van der Waals surface area (Å²) in [7, 11) is 1.37. The standard InChI is InChI=1S/C23H29N3O2S/c1-16-5-4-12-26(15-16)20-10-7-18(8-11-20)14-24-23(29)25-21-13-19(22(27)28-3)9-6-17(21)2/h6-11,13,16H,4-5,12,14-15H2,1-3H3,(H2,24,25,29)/t16-/m1/s1. The number of thiocarbonyl (C=S) groups is 1. The molecule has 1 fully saturated rings. The van der Waals surface area contributed by atoms with E-state index in [0.29, 0.717) is 17.2 Å². The van der Waals surface area contributed by atoms with Crippen molar-refractivity contribution in [2.24, 2.45) is 5.92 Å². The fourth-order valence-corrected chi connectivity index (χ4v) is 3.78. The van der Waals surface area contributed by atoms with Gasteiger partial charge in [0, 0.05) is 31.0 Å². The molecule has 1 aliphatic rings. The van der Waals surface area contributed by atoms with Gasteiger partial charge in [-0.25, -0.2) is 4.79 Å². The topological polar surface area (TPSA) is 53.6 Å². The highest BCUT2D eigenvalue weighted by atomic mass is 32.1. The summed E-state index contributed by atoms with van der Waals surface area (Å²) >= 11 is 5.43. The Labute approximate surface area is 178 Å². The van der Waals surface area contributed by atoms with Crippen molar-refractivity contribution < 1.29 is 9.53 Å². The minimum atomic E-state index is -0.366. The predicted molar refractivity (Wildman–Crippen MR) is 123 cm³/mol. The van der Waals surface area contributed by atoms with Crippen molar-refractivity contribution in [1.29, 1.82) is 0 Å². The molecule has 0 bridgehead atoms. The van der Waals surface area contributed by atoms with Crippen LogP contribution in [0.15, 0.2) is 42.5 Å². The zero-order valence-corrected chi connectivity index (χ0v) is 18.1. The summed E-state index contributed by atoms with van der Waals surface area (Å²) in [5.74, 6) is 0.393. The highest BCUT2D eigenvalue weighted by Crippen LogP contribution is 2.23. The largest absolute Gasteiger partial charge is 0.465 e. The maximum absolute atomic E-state index is 11.7. The first-order valence-corrected chi connectivity index (χ1v) is 10.4. The van der Waals surface area contributed by atoms with Crippen molar-refractivity contribution >= 4 is 34.7 Å². The van der Waals surface area contributed by atoms with Crippen LogP contribution in [0.25, 0.3) is 0 Å². The van der Waals surface area contributed by atoms with Crippen LogP contribution < -0.4 is 15.5 Å². The first kappa shape index (κ1) is 21.1. The maximum Gasteiger partial charge on any atom is 0.337 e. The van der Waals surface area contributed by atoms with Gasteiger partial charge in [-0.15, -0.1) is 0 Å². The van der Waals surface area contributed by atoms with Crippen molar-refractivity contribution in [3.63, 3.8) is 0 Å². The summed E-state index contributed by atoms with van der Waals surface area (Å²) < 4.78 is 4.78. The van der Waals surface area contributed by atoms with Crippen molar-refractivity contribution in [3.05, 3.63) is 59.2 Å². The van der Waals surface area contributed by atoms with Gasteiger partial charge in [0.2, 0.25) is 0 Å². The van der Waals surface area contributed by atoms with E-state index in [-0.39, 0.29) is 5.97 Å². The van der Waals surface area contributed by atoms with Crippen LogP contribution in [-0.2, 0) is 11.3 Å². The Bertz CT molecular complexity index is 867. The Kier molecular flexibility index (Phi) is 7.09. The molecule has 0 unspecified atom stereocenters. The fourth-order valence-electron chi connectivity index (χ4n) is 3.60. The Morgan fingerprint density at radius 2 is 2.00 bits per heavy atom. The van der Waals surface area contributed by atoms with Gasteiger partial charge in [-0.05, 0) is 73.3 Å². The Hall–Kier alpha value is -2.60. The van der Waals surface area contributed by atoms with Crippen molar-refractivity contribution in [3.8, 4) is 0 Å². The number of nitrogens with one attached hydrogen (secondary N) is 2. The van der Waals surface area contributed by atoms with Gasteiger partial charge in [-0.2, -0.15) is 0 Å². The lowest BCUT2D eigenvalue weighted by atomic mass is 9.99. The van der Waals surface area contributed by atoms with Crippen molar-refractivity contribution in [2.45, 2.75) is 33.2 Å². The number of esters is 1. The predicted octanol–water partition coefficient (Wildman–Crippen LogP) is 4.50. The molecule has 2 aromatic rings. The molecule has 0 aliphatic carbocycles. The first-order valence-electron chi connectivity index (χ1n) is 10.0.